The molecule has 2 aliphatic rings. The van der Waals surface area contributed by atoms with Crippen LogP contribution in [0.2, 0.25) is 0 Å². The molecule has 4 atom stereocenters. The zero-order valence-electron chi connectivity index (χ0n) is 9.08. The lowest BCUT2D eigenvalue weighted by Crippen LogP contribution is -2.34. The molecule has 0 bridgehead atoms. The quantitative estimate of drug-likeness (QED) is 0.585. The van der Waals surface area contributed by atoms with Gasteiger partial charge in [-0.3, -0.25) is 0 Å². The van der Waals surface area contributed by atoms with Crippen molar-refractivity contribution < 1.29 is 29.2 Å². The summed E-state index contributed by atoms with van der Waals surface area (Å²) in [4.78, 5) is 0. The van der Waals surface area contributed by atoms with Gasteiger partial charge in [-0.25, -0.2) is 0 Å². The van der Waals surface area contributed by atoms with Gasteiger partial charge in [0.05, 0.1) is 39.6 Å². The zero-order valence-corrected chi connectivity index (χ0v) is 9.08. The van der Waals surface area contributed by atoms with E-state index in [0.717, 1.165) is 0 Å². The van der Waals surface area contributed by atoms with Gasteiger partial charge in [0, 0.05) is 0 Å². The summed E-state index contributed by atoms with van der Waals surface area (Å²) in [6.07, 6.45) is -0.481. The van der Waals surface area contributed by atoms with Crippen LogP contribution in [0, 0.1) is 0 Å². The Hall–Kier alpha value is -0.240. The average molecular weight is 234 g/mol. The molecule has 0 spiro atoms. The van der Waals surface area contributed by atoms with Crippen LogP contribution in [0.25, 0.3) is 0 Å². The van der Waals surface area contributed by atoms with E-state index in [1.54, 1.807) is 0 Å². The van der Waals surface area contributed by atoms with E-state index in [0.29, 0.717) is 26.4 Å². The summed E-state index contributed by atoms with van der Waals surface area (Å²) in [5.41, 5.74) is 0. The Balaban J connectivity index is 1.80. The number of fused-ring (bicyclic) bond motifs is 1. The fraction of sp³-hybridized carbons (Fsp3) is 1.00. The van der Waals surface area contributed by atoms with Crippen LogP contribution in [0.4, 0.5) is 0 Å². The standard InChI is InChI=1S/C10H18O6/c11-1-3-13-7-5-15-10-8(14-4-2-12)6-16-9(7)10/h7-12H,1-6H2/t7-,8+,9-,10-/m1/s1. The predicted octanol–water partition coefficient (Wildman–Crippen LogP) is -1.46. The molecular weight excluding hydrogens is 216 g/mol. The fourth-order valence-corrected chi connectivity index (χ4v) is 2.12. The second-order valence-corrected chi connectivity index (χ2v) is 3.86. The van der Waals surface area contributed by atoms with Crippen LogP contribution in [0.5, 0.6) is 0 Å². The van der Waals surface area contributed by atoms with Crippen LogP contribution in [0.15, 0.2) is 0 Å². The SMILES string of the molecule is OCCO[C@H]1CO[C@H]2[C@@H]1OC[C@H]2OCCO. The van der Waals surface area contributed by atoms with Crippen molar-refractivity contribution in [2.75, 3.05) is 39.6 Å². The van der Waals surface area contributed by atoms with Crippen LogP contribution >= 0.6 is 0 Å². The smallest absolute Gasteiger partial charge is 0.115 e. The number of aliphatic hydroxyl groups is 2. The number of ether oxygens (including phenoxy) is 4. The summed E-state index contributed by atoms with van der Waals surface area (Å²) in [5.74, 6) is 0. The lowest BCUT2D eigenvalue weighted by Gasteiger charge is -2.16. The van der Waals surface area contributed by atoms with Crippen molar-refractivity contribution in [3.63, 3.8) is 0 Å². The third-order valence-electron chi connectivity index (χ3n) is 2.81. The summed E-state index contributed by atoms with van der Waals surface area (Å²) in [6.45, 7) is 1.52. The largest absolute Gasteiger partial charge is 0.394 e. The maximum absolute atomic E-state index is 8.68. The molecular formula is C10H18O6. The minimum Gasteiger partial charge on any atom is -0.394 e. The van der Waals surface area contributed by atoms with Gasteiger partial charge in [-0.1, -0.05) is 0 Å². The molecule has 2 fully saturated rings. The van der Waals surface area contributed by atoms with Crippen LogP contribution < -0.4 is 0 Å². The maximum Gasteiger partial charge on any atom is 0.115 e. The fourth-order valence-electron chi connectivity index (χ4n) is 2.12. The molecule has 0 aliphatic carbocycles. The van der Waals surface area contributed by atoms with E-state index in [-0.39, 0.29) is 37.6 Å². The van der Waals surface area contributed by atoms with Gasteiger partial charge < -0.3 is 29.2 Å². The van der Waals surface area contributed by atoms with Gasteiger partial charge in [0.25, 0.3) is 0 Å². The molecule has 2 rings (SSSR count). The Morgan fingerprint density at radius 1 is 0.875 bits per heavy atom. The first-order chi connectivity index (χ1) is 7.86. The Kier molecular flexibility index (Phi) is 4.51. The monoisotopic (exact) mass is 234 g/mol. The molecule has 0 aromatic heterocycles. The molecule has 0 saturated carbocycles. The van der Waals surface area contributed by atoms with Crippen LogP contribution in [-0.4, -0.2) is 74.3 Å². The third-order valence-corrected chi connectivity index (χ3v) is 2.81. The van der Waals surface area contributed by atoms with E-state index in [4.69, 9.17) is 29.2 Å². The molecule has 0 radical (unpaired) electrons. The van der Waals surface area contributed by atoms with Crippen LogP contribution in [0.1, 0.15) is 0 Å². The minimum atomic E-state index is -0.125. The molecule has 0 aromatic carbocycles. The van der Waals surface area contributed by atoms with Gasteiger partial charge in [0.1, 0.15) is 24.4 Å². The number of rotatable bonds is 6. The molecule has 0 aromatic rings. The van der Waals surface area contributed by atoms with Crippen molar-refractivity contribution in [3.05, 3.63) is 0 Å². The minimum absolute atomic E-state index is 0.00166. The normalized spacial score (nSPS) is 37.9. The first-order valence-corrected chi connectivity index (χ1v) is 5.55. The van der Waals surface area contributed by atoms with Crippen LogP contribution in [-0.2, 0) is 18.9 Å². The van der Waals surface area contributed by atoms with Crippen molar-refractivity contribution in [1.29, 1.82) is 0 Å². The zero-order chi connectivity index (χ0) is 11.4. The number of aliphatic hydroxyl groups excluding tert-OH is 2. The number of hydrogen-bond acceptors (Lipinski definition) is 6. The van der Waals surface area contributed by atoms with Crippen molar-refractivity contribution in [3.8, 4) is 0 Å². The summed E-state index contributed by atoms with van der Waals surface area (Å²) in [6, 6.07) is 0. The van der Waals surface area contributed by atoms with E-state index in [1.807, 2.05) is 0 Å². The van der Waals surface area contributed by atoms with Crippen molar-refractivity contribution in [1.82, 2.24) is 0 Å². The molecule has 6 nitrogen and oxygen atoms in total. The first-order valence-electron chi connectivity index (χ1n) is 5.55. The molecule has 2 saturated heterocycles. The summed E-state index contributed by atoms with van der Waals surface area (Å²) < 4.78 is 21.9. The second-order valence-electron chi connectivity index (χ2n) is 3.86. The highest BCUT2D eigenvalue weighted by Gasteiger charge is 2.48. The van der Waals surface area contributed by atoms with E-state index in [2.05, 4.69) is 0 Å². The van der Waals surface area contributed by atoms with Gasteiger partial charge in [-0.15, -0.1) is 0 Å². The maximum atomic E-state index is 8.68. The number of hydrogen-bond donors (Lipinski definition) is 2. The third kappa shape index (κ3) is 2.53. The molecule has 2 heterocycles. The van der Waals surface area contributed by atoms with E-state index in [9.17, 15) is 0 Å². The van der Waals surface area contributed by atoms with E-state index < -0.39 is 0 Å². The summed E-state index contributed by atoms with van der Waals surface area (Å²) >= 11 is 0. The molecule has 94 valence electrons. The molecule has 16 heavy (non-hydrogen) atoms. The van der Waals surface area contributed by atoms with E-state index >= 15 is 0 Å². The highest BCUT2D eigenvalue weighted by atomic mass is 16.6. The van der Waals surface area contributed by atoms with Crippen LogP contribution in [0.3, 0.4) is 0 Å². The van der Waals surface area contributed by atoms with Gasteiger partial charge in [0.2, 0.25) is 0 Å². The van der Waals surface area contributed by atoms with Crippen molar-refractivity contribution in [2.24, 2.45) is 0 Å². The molecule has 2 aliphatic heterocycles. The van der Waals surface area contributed by atoms with Gasteiger partial charge in [-0.05, 0) is 0 Å². The molecule has 2 N–H and O–H groups in total. The Labute approximate surface area is 94.1 Å². The Morgan fingerprint density at radius 2 is 1.31 bits per heavy atom. The van der Waals surface area contributed by atoms with Gasteiger partial charge in [0.15, 0.2) is 0 Å². The van der Waals surface area contributed by atoms with Gasteiger partial charge >= 0.3 is 0 Å². The lowest BCUT2D eigenvalue weighted by molar-refractivity contribution is -0.0589. The molecule has 0 unspecified atom stereocenters. The second kappa shape index (κ2) is 5.90. The lowest BCUT2D eigenvalue weighted by atomic mass is 10.1. The summed E-state index contributed by atoms with van der Waals surface area (Å²) in [5, 5.41) is 17.4. The predicted molar refractivity (Wildman–Crippen MR) is 53.1 cm³/mol. The topological polar surface area (TPSA) is 77.4 Å². The molecule has 6 heteroatoms. The summed E-state index contributed by atoms with van der Waals surface area (Å²) in [7, 11) is 0. The average Bonchev–Trinajstić information content (AvgIpc) is 2.86. The highest BCUT2D eigenvalue weighted by molar-refractivity contribution is 4.95. The Morgan fingerprint density at radius 3 is 1.69 bits per heavy atom. The van der Waals surface area contributed by atoms with Crippen molar-refractivity contribution in [2.45, 2.75) is 24.4 Å². The van der Waals surface area contributed by atoms with Gasteiger partial charge in [-0.2, -0.15) is 0 Å². The highest BCUT2D eigenvalue weighted by Crippen LogP contribution is 2.30. The van der Waals surface area contributed by atoms with Crippen molar-refractivity contribution >= 4 is 0 Å². The Bertz CT molecular complexity index is 189. The first kappa shape index (κ1) is 12.2. The molecule has 0 amide bonds. The van der Waals surface area contributed by atoms with E-state index in [1.165, 1.54) is 0 Å².